The van der Waals surface area contributed by atoms with Crippen LogP contribution >= 0.6 is 0 Å². The van der Waals surface area contributed by atoms with Gasteiger partial charge in [-0.15, -0.1) is 0 Å². The van der Waals surface area contributed by atoms with Gasteiger partial charge in [-0.1, -0.05) is 19.3 Å². The summed E-state index contributed by atoms with van der Waals surface area (Å²) in [6.45, 7) is 2.93. The first-order chi connectivity index (χ1) is 11.3. The van der Waals surface area contributed by atoms with Gasteiger partial charge >= 0.3 is 0 Å². The Morgan fingerprint density at radius 2 is 2.13 bits per heavy atom. The molecular formula is C18H26N4O. The summed E-state index contributed by atoms with van der Waals surface area (Å²) in [4.78, 5) is 14.5. The first-order valence-electron chi connectivity index (χ1n) is 8.89. The van der Waals surface area contributed by atoms with Crippen LogP contribution in [0.1, 0.15) is 45.4 Å². The minimum absolute atomic E-state index is 0.316. The number of fused-ring (bicyclic) bond motifs is 1. The van der Waals surface area contributed by atoms with Crippen molar-refractivity contribution in [2.45, 2.75) is 57.6 Å². The molecule has 1 spiro atoms. The van der Waals surface area contributed by atoms with Crippen LogP contribution in [0.5, 0.6) is 0 Å². The molecule has 2 aromatic rings. The second kappa shape index (κ2) is 5.78. The molecule has 2 fully saturated rings. The molecule has 2 aliphatic rings. The van der Waals surface area contributed by atoms with Gasteiger partial charge in [-0.05, 0) is 32.3 Å². The average molecular weight is 314 g/mol. The van der Waals surface area contributed by atoms with E-state index >= 15 is 0 Å². The van der Waals surface area contributed by atoms with Crippen LogP contribution in [0.25, 0.3) is 11.0 Å². The van der Waals surface area contributed by atoms with Crippen molar-refractivity contribution in [1.82, 2.24) is 15.0 Å². The molecule has 4 rings (SSSR count). The number of nitrogens with zero attached hydrogens (tertiary/aromatic N) is 3. The summed E-state index contributed by atoms with van der Waals surface area (Å²) in [6.07, 6.45) is 11.7. The molecule has 0 aromatic carbocycles. The minimum atomic E-state index is 0.316. The number of H-pyrrole nitrogens is 1. The topological polar surface area (TPSA) is 54.0 Å². The highest BCUT2D eigenvalue weighted by molar-refractivity contribution is 5.87. The Morgan fingerprint density at radius 3 is 2.91 bits per heavy atom. The van der Waals surface area contributed by atoms with Gasteiger partial charge in [-0.2, -0.15) is 0 Å². The molecule has 0 bridgehead atoms. The summed E-state index contributed by atoms with van der Waals surface area (Å²) in [6, 6.07) is 2.60. The molecule has 2 aliphatic carbocycles. The van der Waals surface area contributed by atoms with Crippen LogP contribution in [0.4, 0.5) is 5.82 Å². The zero-order valence-corrected chi connectivity index (χ0v) is 14.1. The minimum Gasteiger partial charge on any atom is -0.378 e. The van der Waals surface area contributed by atoms with E-state index in [1.54, 1.807) is 6.33 Å². The maximum Gasteiger partial charge on any atom is 0.142 e. The van der Waals surface area contributed by atoms with Crippen molar-refractivity contribution >= 4 is 16.9 Å². The van der Waals surface area contributed by atoms with Gasteiger partial charge in [-0.25, -0.2) is 9.97 Å². The highest BCUT2D eigenvalue weighted by Gasteiger charge is 2.57. The molecule has 5 heteroatoms. The number of hydrogen-bond acceptors (Lipinski definition) is 4. The zero-order valence-electron chi connectivity index (χ0n) is 14.1. The first-order valence-corrected chi connectivity index (χ1v) is 8.89. The predicted molar refractivity (Wildman–Crippen MR) is 91.6 cm³/mol. The second-order valence-electron chi connectivity index (χ2n) is 7.04. The van der Waals surface area contributed by atoms with Crippen molar-refractivity contribution in [3.8, 4) is 0 Å². The molecule has 2 unspecified atom stereocenters. The predicted octanol–water partition coefficient (Wildman–Crippen LogP) is 3.52. The van der Waals surface area contributed by atoms with Crippen molar-refractivity contribution in [3.63, 3.8) is 0 Å². The normalized spacial score (nSPS) is 26.3. The number of ether oxygens (including phenoxy) is 1. The quantitative estimate of drug-likeness (QED) is 0.938. The van der Waals surface area contributed by atoms with Gasteiger partial charge < -0.3 is 14.6 Å². The molecule has 5 nitrogen and oxygen atoms in total. The summed E-state index contributed by atoms with van der Waals surface area (Å²) in [5.74, 6) is 1.04. The van der Waals surface area contributed by atoms with E-state index in [0.717, 1.165) is 29.9 Å². The van der Waals surface area contributed by atoms with Crippen LogP contribution in [0, 0.1) is 5.41 Å². The number of nitrogens with one attached hydrogen (secondary N) is 1. The maximum absolute atomic E-state index is 6.09. The largest absolute Gasteiger partial charge is 0.378 e. The fourth-order valence-electron chi connectivity index (χ4n) is 4.86. The third kappa shape index (κ3) is 2.24. The first kappa shape index (κ1) is 14.9. The van der Waals surface area contributed by atoms with Gasteiger partial charge in [0.05, 0.1) is 11.5 Å². The van der Waals surface area contributed by atoms with Crippen molar-refractivity contribution in [2.24, 2.45) is 5.41 Å². The lowest BCUT2D eigenvalue weighted by Crippen LogP contribution is -2.65. The summed E-state index contributed by atoms with van der Waals surface area (Å²) >= 11 is 0. The Bertz CT molecular complexity index is 676. The molecule has 0 aliphatic heterocycles. The van der Waals surface area contributed by atoms with Gasteiger partial charge in [0.2, 0.25) is 0 Å². The lowest BCUT2D eigenvalue weighted by atomic mass is 9.54. The van der Waals surface area contributed by atoms with Gasteiger partial charge in [0, 0.05) is 31.3 Å². The Labute approximate surface area is 137 Å². The van der Waals surface area contributed by atoms with Crippen molar-refractivity contribution < 1.29 is 4.74 Å². The van der Waals surface area contributed by atoms with E-state index < -0.39 is 0 Å². The van der Waals surface area contributed by atoms with E-state index in [1.807, 2.05) is 6.20 Å². The van der Waals surface area contributed by atoms with Crippen molar-refractivity contribution in [1.29, 1.82) is 0 Å². The van der Waals surface area contributed by atoms with E-state index in [-0.39, 0.29) is 0 Å². The highest BCUT2D eigenvalue weighted by Crippen LogP contribution is 2.55. The Hall–Kier alpha value is -1.62. The van der Waals surface area contributed by atoms with Gasteiger partial charge in [-0.3, -0.25) is 0 Å². The summed E-state index contributed by atoms with van der Waals surface area (Å²) in [5, 5.41) is 1.11. The SMILES string of the molecule is CCOC1CC(N(C)c2ncnc3[nH]ccc23)C12CCCCC2. The van der Waals surface area contributed by atoms with Crippen LogP contribution in [0.2, 0.25) is 0 Å². The number of aromatic amines is 1. The molecule has 124 valence electrons. The Morgan fingerprint density at radius 1 is 1.30 bits per heavy atom. The van der Waals surface area contributed by atoms with Crippen LogP contribution < -0.4 is 4.90 Å². The molecule has 2 saturated carbocycles. The molecule has 1 N–H and O–H groups in total. The zero-order chi connectivity index (χ0) is 15.9. The molecule has 2 atom stereocenters. The van der Waals surface area contributed by atoms with Crippen molar-refractivity contribution in [3.05, 3.63) is 18.6 Å². The molecule has 2 heterocycles. The summed E-state index contributed by atoms with van der Waals surface area (Å²) in [7, 11) is 2.19. The van der Waals surface area contributed by atoms with Crippen LogP contribution in [0.15, 0.2) is 18.6 Å². The summed E-state index contributed by atoms with van der Waals surface area (Å²) in [5.41, 5.74) is 1.23. The monoisotopic (exact) mass is 314 g/mol. The number of rotatable bonds is 4. The number of anilines is 1. The lowest BCUT2D eigenvalue weighted by Gasteiger charge is -2.60. The number of hydrogen-bond donors (Lipinski definition) is 1. The summed E-state index contributed by atoms with van der Waals surface area (Å²) < 4.78 is 6.09. The molecule has 0 amide bonds. The molecular weight excluding hydrogens is 288 g/mol. The molecule has 2 aromatic heterocycles. The van der Waals surface area contributed by atoms with Gasteiger partial charge in [0.15, 0.2) is 0 Å². The smallest absolute Gasteiger partial charge is 0.142 e. The maximum atomic E-state index is 6.09. The third-order valence-corrected chi connectivity index (χ3v) is 6.03. The fraction of sp³-hybridized carbons (Fsp3) is 0.667. The van der Waals surface area contributed by atoms with E-state index in [9.17, 15) is 0 Å². The van der Waals surface area contributed by atoms with Crippen LogP contribution in [-0.4, -0.2) is 40.8 Å². The molecule has 0 radical (unpaired) electrons. The van der Waals surface area contributed by atoms with E-state index in [1.165, 1.54) is 32.1 Å². The van der Waals surface area contributed by atoms with Gasteiger partial charge in [0.1, 0.15) is 17.8 Å². The Kier molecular flexibility index (Phi) is 3.76. The molecule has 0 saturated heterocycles. The van der Waals surface area contributed by atoms with Crippen LogP contribution in [0.3, 0.4) is 0 Å². The van der Waals surface area contributed by atoms with Crippen molar-refractivity contribution in [2.75, 3.05) is 18.6 Å². The highest BCUT2D eigenvalue weighted by atomic mass is 16.5. The van der Waals surface area contributed by atoms with E-state index in [0.29, 0.717) is 17.6 Å². The van der Waals surface area contributed by atoms with Gasteiger partial charge in [0.25, 0.3) is 0 Å². The number of aromatic nitrogens is 3. The van der Waals surface area contributed by atoms with Crippen LogP contribution in [-0.2, 0) is 4.74 Å². The second-order valence-corrected chi connectivity index (χ2v) is 7.04. The lowest BCUT2D eigenvalue weighted by molar-refractivity contribution is -0.141. The third-order valence-electron chi connectivity index (χ3n) is 6.03. The van der Waals surface area contributed by atoms with E-state index in [2.05, 4.69) is 39.9 Å². The van der Waals surface area contributed by atoms with E-state index in [4.69, 9.17) is 4.74 Å². The molecule has 23 heavy (non-hydrogen) atoms. The Balaban J connectivity index is 1.65. The fourth-order valence-corrected chi connectivity index (χ4v) is 4.86. The average Bonchev–Trinajstić information content (AvgIpc) is 3.07. The standard InChI is InChI=1S/C18H26N4O/c1-3-23-15-11-14(18(15)8-5-4-6-9-18)22(2)17-13-7-10-19-16(13)20-12-21-17/h7,10,12,14-15H,3-6,8-9,11H2,1-2H3,(H,19,20,21).